The highest BCUT2D eigenvalue weighted by molar-refractivity contribution is 5.79. The van der Waals surface area contributed by atoms with E-state index in [0.717, 1.165) is 70.3 Å². The van der Waals surface area contributed by atoms with Gasteiger partial charge in [0.25, 0.3) is 0 Å². The predicted molar refractivity (Wildman–Crippen MR) is 105 cm³/mol. The first-order valence-corrected chi connectivity index (χ1v) is 10.6. The van der Waals surface area contributed by atoms with Crippen LogP contribution in [0.5, 0.6) is 0 Å². The van der Waals surface area contributed by atoms with Crippen molar-refractivity contribution >= 4 is 11.8 Å². The molecule has 0 aromatic heterocycles. The Labute approximate surface area is 166 Å². The van der Waals surface area contributed by atoms with Gasteiger partial charge in [-0.2, -0.15) is 0 Å². The van der Waals surface area contributed by atoms with Crippen LogP contribution in [-0.2, 0) is 16.0 Å². The van der Waals surface area contributed by atoms with Gasteiger partial charge in [-0.15, -0.1) is 0 Å². The summed E-state index contributed by atoms with van der Waals surface area (Å²) in [7, 11) is 0. The Bertz CT molecular complexity index is 713. The lowest BCUT2D eigenvalue weighted by atomic mass is 9.93. The molecular formula is C22H30FN3O2. The monoisotopic (exact) mass is 387 g/mol. The Morgan fingerprint density at radius 2 is 1.86 bits per heavy atom. The normalized spacial score (nSPS) is 24.2. The fraction of sp³-hybridized carbons (Fsp3) is 0.636. The molecule has 1 saturated carbocycles. The number of rotatable bonds is 5. The number of piperidine rings is 2. The van der Waals surface area contributed by atoms with Crippen molar-refractivity contribution in [2.75, 3.05) is 26.2 Å². The third-order valence-corrected chi connectivity index (χ3v) is 6.33. The average Bonchev–Trinajstić information content (AvgIpc) is 3.52. The summed E-state index contributed by atoms with van der Waals surface area (Å²) < 4.78 is 13.3. The molecule has 2 aliphatic heterocycles. The molecule has 1 aromatic rings. The van der Waals surface area contributed by atoms with E-state index in [1.165, 1.54) is 12.1 Å². The number of hydrogen-bond donors (Lipinski definition) is 1. The maximum absolute atomic E-state index is 13.3. The van der Waals surface area contributed by atoms with Crippen molar-refractivity contribution in [3.8, 4) is 0 Å². The molecule has 1 atom stereocenters. The van der Waals surface area contributed by atoms with Crippen LogP contribution in [0.15, 0.2) is 24.3 Å². The quantitative estimate of drug-likeness (QED) is 0.844. The van der Waals surface area contributed by atoms with Crippen LogP contribution in [-0.4, -0.2) is 59.9 Å². The first-order chi connectivity index (χ1) is 13.6. The van der Waals surface area contributed by atoms with Crippen molar-refractivity contribution in [3.63, 3.8) is 0 Å². The largest absolute Gasteiger partial charge is 0.353 e. The molecule has 28 heavy (non-hydrogen) atoms. The van der Waals surface area contributed by atoms with Crippen LogP contribution in [0.4, 0.5) is 4.39 Å². The van der Waals surface area contributed by atoms with Gasteiger partial charge in [-0.1, -0.05) is 12.1 Å². The van der Waals surface area contributed by atoms with Gasteiger partial charge in [-0.05, 0) is 62.8 Å². The van der Waals surface area contributed by atoms with E-state index in [0.29, 0.717) is 12.1 Å². The minimum absolute atomic E-state index is 0.0735. The summed E-state index contributed by atoms with van der Waals surface area (Å²) in [6.45, 7) is 3.39. The summed E-state index contributed by atoms with van der Waals surface area (Å²) >= 11 is 0. The molecule has 0 bridgehead atoms. The number of benzene rings is 1. The van der Waals surface area contributed by atoms with E-state index in [2.05, 4.69) is 10.2 Å². The van der Waals surface area contributed by atoms with Crippen molar-refractivity contribution < 1.29 is 14.0 Å². The molecule has 1 N–H and O–H groups in total. The fourth-order valence-corrected chi connectivity index (χ4v) is 4.51. The second-order valence-corrected chi connectivity index (χ2v) is 8.54. The summed E-state index contributed by atoms with van der Waals surface area (Å²) in [5.41, 5.74) is 0.729. The molecule has 2 heterocycles. The number of halogens is 1. The molecule has 3 aliphatic rings. The smallest absolute Gasteiger partial charge is 0.226 e. The van der Waals surface area contributed by atoms with Crippen molar-refractivity contribution in [2.45, 2.75) is 57.0 Å². The molecule has 152 valence electrons. The van der Waals surface area contributed by atoms with E-state index in [9.17, 15) is 14.0 Å². The summed E-state index contributed by atoms with van der Waals surface area (Å²) in [6.07, 6.45) is 6.48. The van der Waals surface area contributed by atoms with Crippen molar-refractivity contribution in [3.05, 3.63) is 35.6 Å². The van der Waals surface area contributed by atoms with Crippen molar-refractivity contribution in [2.24, 2.45) is 5.92 Å². The van der Waals surface area contributed by atoms with Gasteiger partial charge in [-0.3, -0.25) is 14.5 Å². The van der Waals surface area contributed by atoms with E-state index in [1.54, 1.807) is 12.1 Å². The van der Waals surface area contributed by atoms with Crippen molar-refractivity contribution in [1.29, 1.82) is 0 Å². The molecule has 1 aromatic carbocycles. The maximum Gasteiger partial charge on any atom is 0.226 e. The molecule has 4 rings (SSSR count). The summed E-state index contributed by atoms with van der Waals surface area (Å²) in [6, 6.07) is 7.16. The Kier molecular flexibility index (Phi) is 5.95. The average molecular weight is 387 g/mol. The zero-order valence-electron chi connectivity index (χ0n) is 16.4. The Morgan fingerprint density at radius 1 is 1.07 bits per heavy atom. The van der Waals surface area contributed by atoms with E-state index in [-0.39, 0.29) is 30.0 Å². The van der Waals surface area contributed by atoms with Gasteiger partial charge >= 0.3 is 0 Å². The van der Waals surface area contributed by atoms with Gasteiger partial charge in [0.1, 0.15) is 5.82 Å². The zero-order valence-corrected chi connectivity index (χ0v) is 16.4. The molecular weight excluding hydrogens is 357 g/mol. The zero-order chi connectivity index (χ0) is 19.5. The van der Waals surface area contributed by atoms with Crippen LogP contribution in [0.2, 0.25) is 0 Å². The molecule has 2 amide bonds. The topological polar surface area (TPSA) is 52.7 Å². The number of nitrogens with one attached hydrogen (secondary N) is 1. The second-order valence-electron chi connectivity index (χ2n) is 8.54. The SMILES string of the molecule is O=C(NC1CC1)[C@H]1CCCN(C2CCN(C(=O)Cc3cccc(F)c3)CC2)C1. The molecule has 0 spiro atoms. The van der Waals surface area contributed by atoms with E-state index >= 15 is 0 Å². The van der Waals surface area contributed by atoms with E-state index in [4.69, 9.17) is 0 Å². The molecule has 1 aliphatic carbocycles. The molecule has 0 unspecified atom stereocenters. The van der Waals surface area contributed by atoms with Gasteiger partial charge in [0, 0.05) is 31.7 Å². The molecule has 0 radical (unpaired) electrons. The van der Waals surface area contributed by atoms with Gasteiger partial charge in [0.2, 0.25) is 11.8 Å². The number of hydrogen-bond acceptors (Lipinski definition) is 3. The number of carbonyl (C=O) groups excluding carboxylic acids is 2. The van der Waals surface area contributed by atoms with Crippen molar-refractivity contribution in [1.82, 2.24) is 15.1 Å². The number of nitrogens with zero attached hydrogens (tertiary/aromatic N) is 2. The first-order valence-electron chi connectivity index (χ1n) is 10.6. The number of carbonyl (C=O) groups is 2. The Balaban J connectivity index is 1.25. The highest BCUT2D eigenvalue weighted by atomic mass is 19.1. The highest BCUT2D eigenvalue weighted by Gasteiger charge is 2.34. The Hall–Kier alpha value is -1.95. The third kappa shape index (κ3) is 4.90. The highest BCUT2D eigenvalue weighted by Crippen LogP contribution is 2.26. The van der Waals surface area contributed by atoms with Crippen LogP contribution in [0, 0.1) is 11.7 Å². The fourth-order valence-electron chi connectivity index (χ4n) is 4.51. The lowest BCUT2D eigenvalue weighted by Gasteiger charge is -2.42. The predicted octanol–water partition coefficient (Wildman–Crippen LogP) is 2.35. The van der Waals surface area contributed by atoms with Crippen LogP contribution in [0.3, 0.4) is 0 Å². The standard InChI is InChI=1S/C22H30FN3O2/c23-18-5-1-3-16(13-18)14-21(27)25-11-8-20(9-12-25)26-10-2-4-17(15-26)22(28)24-19-6-7-19/h1,3,5,13,17,19-20H,2,4,6-12,14-15H2,(H,24,28)/t17-/m0/s1. The molecule has 2 saturated heterocycles. The summed E-state index contributed by atoms with van der Waals surface area (Å²) in [5, 5.41) is 3.15. The lowest BCUT2D eigenvalue weighted by Crippen LogP contribution is -2.51. The minimum atomic E-state index is -0.297. The van der Waals surface area contributed by atoms with Gasteiger partial charge in [0.15, 0.2) is 0 Å². The van der Waals surface area contributed by atoms with Crippen LogP contribution in [0.25, 0.3) is 0 Å². The first kappa shape index (κ1) is 19.4. The number of amides is 2. The summed E-state index contributed by atoms with van der Waals surface area (Å²) in [5.74, 6) is 0.121. The van der Waals surface area contributed by atoms with Gasteiger partial charge in [0.05, 0.1) is 12.3 Å². The lowest BCUT2D eigenvalue weighted by molar-refractivity contribution is -0.132. The number of likely N-dealkylation sites (tertiary alicyclic amines) is 2. The van der Waals surface area contributed by atoms with E-state index in [1.807, 2.05) is 4.90 Å². The van der Waals surface area contributed by atoms with Crippen LogP contribution >= 0.6 is 0 Å². The molecule has 5 nitrogen and oxygen atoms in total. The summed E-state index contributed by atoms with van der Waals surface area (Å²) in [4.78, 5) is 29.3. The van der Waals surface area contributed by atoms with Gasteiger partial charge < -0.3 is 10.2 Å². The van der Waals surface area contributed by atoms with E-state index < -0.39 is 0 Å². The third-order valence-electron chi connectivity index (χ3n) is 6.33. The minimum Gasteiger partial charge on any atom is -0.353 e. The molecule has 6 heteroatoms. The van der Waals surface area contributed by atoms with Gasteiger partial charge in [-0.25, -0.2) is 4.39 Å². The second kappa shape index (κ2) is 8.60. The van der Waals surface area contributed by atoms with Crippen LogP contribution in [0.1, 0.15) is 44.1 Å². The Morgan fingerprint density at radius 3 is 2.57 bits per heavy atom. The van der Waals surface area contributed by atoms with Crippen LogP contribution < -0.4 is 5.32 Å². The molecule has 3 fully saturated rings. The maximum atomic E-state index is 13.3.